The minimum absolute atomic E-state index is 0.0173. The fraction of sp³-hybridized carbons (Fsp3) is 0.545. The van der Waals surface area contributed by atoms with Crippen LogP contribution in [0.5, 0.6) is 0 Å². The lowest BCUT2D eigenvalue weighted by Crippen LogP contribution is -2.47. The molecule has 0 fully saturated rings. The maximum atomic E-state index is 4.52. The Morgan fingerprint density at radius 1 is 1.26 bits per heavy atom. The molecule has 1 aromatic heterocycles. The second kappa shape index (κ2) is 8.59. The Morgan fingerprint density at radius 2 is 1.96 bits per heavy atom. The van der Waals surface area contributed by atoms with Crippen molar-refractivity contribution in [3.63, 3.8) is 0 Å². The number of aliphatic imine (C=N–C) groups is 1. The smallest absolute Gasteiger partial charge is 0.191 e. The van der Waals surface area contributed by atoms with Gasteiger partial charge in [-0.15, -0.1) is 0 Å². The summed E-state index contributed by atoms with van der Waals surface area (Å²) in [4.78, 5) is 4.41. The van der Waals surface area contributed by atoms with E-state index in [4.69, 9.17) is 0 Å². The molecule has 148 valence electrons. The highest BCUT2D eigenvalue weighted by molar-refractivity contribution is 5.80. The number of aryl methyl sites for hydroxylation is 3. The molecule has 0 radical (unpaired) electrons. The first kappa shape index (κ1) is 21.0. The number of hydrogen-bond acceptors (Lipinski definition) is 2. The zero-order valence-corrected chi connectivity index (χ0v) is 18.1. The molecule has 1 atom stereocenters. The number of aromatic nitrogens is 2. The summed E-state index contributed by atoms with van der Waals surface area (Å²) in [5.74, 6) is 0.836. The Hall–Kier alpha value is -2.30. The second-order valence-corrected chi connectivity index (χ2v) is 8.20. The van der Waals surface area contributed by atoms with Crippen molar-refractivity contribution in [3.8, 4) is 0 Å². The molecule has 0 saturated heterocycles. The van der Waals surface area contributed by atoms with Gasteiger partial charge in [0.2, 0.25) is 0 Å². The number of hydrogen-bond donors (Lipinski definition) is 2. The van der Waals surface area contributed by atoms with Gasteiger partial charge in [0.1, 0.15) is 0 Å². The molecule has 27 heavy (non-hydrogen) atoms. The van der Waals surface area contributed by atoms with E-state index in [9.17, 15) is 0 Å². The van der Waals surface area contributed by atoms with Crippen LogP contribution in [0.4, 0.5) is 0 Å². The highest BCUT2D eigenvalue weighted by Gasteiger charge is 2.21. The molecule has 2 aromatic rings. The lowest BCUT2D eigenvalue weighted by Gasteiger charge is -2.28. The van der Waals surface area contributed by atoms with Crippen molar-refractivity contribution in [2.24, 2.45) is 12.0 Å². The van der Waals surface area contributed by atoms with E-state index >= 15 is 0 Å². The van der Waals surface area contributed by atoms with Crippen LogP contribution in [0.2, 0.25) is 0 Å². The zero-order chi connectivity index (χ0) is 20.2. The lowest BCUT2D eigenvalue weighted by atomic mass is 9.84. The standard InChI is InChI=1S/C22H35N5/c1-15-10-9-11-19(12-15)22(5,6)14-24-21(23-7)25-16(2)13-20-17(3)26-27(8)18(20)4/h9-12,16H,13-14H2,1-8H3,(H2,23,24,25). The topological polar surface area (TPSA) is 54.2 Å². The Labute approximate surface area is 164 Å². The van der Waals surface area contributed by atoms with Gasteiger partial charge in [-0.1, -0.05) is 43.7 Å². The van der Waals surface area contributed by atoms with E-state index in [-0.39, 0.29) is 11.5 Å². The van der Waals surface area contributed by atoms with Gasteiger partial charge in [0.05, 0.1) is 5.69 Å². The Morgan fingerprint density at radius 3 is 2.52 bits per heavy atom. The van der Waals surface area contributed by atoms with Gasteiger partial charge in [-0.05, 0) is 45.2 Å². The first-order valence-corrected chi connectivity index (χ1v) is 9.67. The van der Waals surface area contributed by atoms with Gasteiger partial charge in [0.15, 0.2) is 5.96 Å². The highest BCUT2D eigenvalue weighted by atomic mass is 15.3. The monoisotopic (exact) mass is 369 g/mol. The fourth-order valence-electron chi connectivity index (χ4n) is 3.37. The maximum Gasteiger partial charge on any atom is 0.191 e. The van der Waals surface area contributed by atoms with E-state index in [1.54, 1.807) is 0 Å². The number of nitrogens with one attached hydrogen (secondary N) is 2. The summed E-state index contributed by atoms with van der Waals surface area (Å²) in [5.41, 5.74) is 6.28. The molecule has 0 bridgehead atoms. The van der Waals surface area contributed by atoms with Crippen LogP contribution in [-0.4, -0.2) is 35.4 Å². The van der Waals surface area contributed by atoms with Gasteiger partial charge in [-0.3, -0.25) is 9.67 Å². The summed E-state index contributed by atoms with van der Waals surface area (Å²) < 4.78 is 1.95. The summed E-state index contributed by atoms with van der Waals surface area (Å²) in [6, 6.07) is 8.98. The summed E-state index contributed by atoms with van der Waals surface area (Å²) in [6.45, 7) is 13.9. The number of nitrogens with zero attached hydrogens (tertiary/aromatic N) is 3. The molecule has 0 aliphatic carbocycles. The van der Waals surface area contributed by atoms with Crippen molar-refractivity contribution in [2.75, 3.05) is 13.6 Å². The van der Waals surface area contributed by atoms with E-state index in [2.05, 4.69) is 86.5 Å². The van der Waals surface area contributed by atoms with Gasteiger partial charge in [0, 0.05) is 37.8 Å². The van der Waals surface area contributed by atoms with Crippen molar-refractivity contribution in [1.82, 2.24) is 20.4 Å². The fourth-order valence-corrected chi connectivity index (χ4v) is 3.37. The molecule has 5 nitrogen and oxygen atoms in total. The van der Waals surface area contributed by atoms with Crippen LogP contribution in [0, 0.1) is 20.8 Å². The van der Waals surface area contributed by atoms with Crippen LogP contribution < -0.4 is 10.6 Å². The Kier molecular flexibility index (Phi) is 6.68. The van der Waals surface area contributed by atoms with Gasteiger partial charge in [0.25, 0.3) is 0 Å². The van der Waals surface area contributed by atoms with Crippen LogP contribution in [0.3, 0.4) is 0 Å². The van der Waals surface area contributed by atoms with Crippen LogP contribution in [0.25, 0.3) is 0 Å². The van der Waals surface area contributed by atoms with Crippen LogP contribution >= 0.6 is 0 Å². The van der Waals surface area contributed by atoms with E-state index in [0.29, 0.717) is 0 Å². The third-order valence-corrected chi connectivity index (χ3v) is 5.27. The van der Waals surface area contributed by atoms with Crippen LogP contribution in [-0.2, 0) is 18.9 Å². The molecule has 0 spiro atoms. The van der Waals surface area contributed by atoms with Gasteiger partial charge in [-0.25, -0.2) is 0 Å². The Bertz CT molecular complexity index is 801. The zero-order valence-electron chi connectivity index (χ0n) is 18.1. The average Bonchev–Trinajstić information content (AvgIpc) is 2.84. The van der Waals surface area contributed by atoms with Crippen molar-refractivity contribution in [2.45, 2.75) is 59.4 Å². The van der Waals surface area contributed by atoms with E-state index in [1.807, 2.05) is 18.8 Å². The van der Waals surface area contributed by atoms with Gasteiger partial charge in [-0.2, -0.15) is 5.10 Å². The van der Waals surface area contributed by atoms with Crippen LogP contribution in [0.1, 0.15) is 48.8 Å². The van der Waals surface area contributed by atoms with Crippen molar-refractivity contribution in [1.29, 1.82) is 0 Å². The lowest BCUT2D eigenvalue weighted by molar-refractivity contribution is 0.504. The molecule has 0 aliphatic heterocycles. The van der Waals surface area contributed by atoms with Crippen molar-refractivity contribution < 1.29 is 0 Å². The molecule has 5 heteroatoms. The number of rotatable bonds is 6. The molecule has 2 N–H and O–H groups in total. The van der Waals surface area contributed by atoms with E-state index in [0.717, 1.165) is 24.6 Å². The molecule has 1 aromatic carbocycles. The maximum absolute atomic E-state index is 4.52. The largest absolute Gasteiger partial charge is 0.356 e. The molecule has 0 aliphatic rings. The minimum atomic E-state index is 0.0173. The first-order chi connectivity index (χ1) is 12.6. The third kappa shape index (κ3) is 5.34. The summed E-state index contributed by atoms with van der Waals surface area (Å²) >= 11 is 0. The molecular formula is C22H35N5. The summed E-state index contributed by atoms with van der Waals surface area (Å²) in [6.07, 6.45) is 0.924. The van der Waals surface area contributed by atoms with Crippen molar-refractivity contribution >= 4 is 5.96 Å². The van der Waals surface area contributed by atoms with Gasteiger partial charge >= 0.3 is 0 Å². The molecule has 2 rings (SSSR count). The third-order valence-electron chi connectivity index (χ3n) is 5.27. The minimum Gasteiger partial charge on any atom is -0.356 e. The number of benzene rings is 1. The van der Waals surface area contributed by atoms with E-state index in [1.165, 1.54) is 22.4 Å². The normalized spacial score (nSPS) is 13.6. The molecule has 1 heterocycles. The Balaban J connectivity index is 1.97. The SMILES string of the molecule is CN=C(NCC(C)(C)c1cccc(C)c1)NC(C)Cc1c(C)nn(C)c1C. The van der Waals surface area contributed by atoms with E-state index < -0.39 is 0 Å². The summed E-state index contributed by atoms with van der Waals surface area (Å²) in [7, 11) is 3.82. The van der Waals surface area contributed by atoms with Gasteiger partial charge < -0.3 is 10.6 Å². The molecule has 0 amide bonds. The average molecular weight is 370 g/mol. The van der Waals surface area contributed by atoms with Crippen molar-refractivity contribution in [3.05, 3.63) is 52.3 Å². The highest BCUT2D eigenvalue weighted by Crippen LogP contribution is 2.23. The predicted octanol–water partition coefficient (Wildman–Crippen LogP) is 3.42. The quantitative estimate of drug-likeness (QED) is 0.606. The summed E-state index contributed by atoms with van der Waals surface area (Å²) in [5, 5.41) is 11.5. The first-order valence-electron chi connectivity index (χ1n) is 9.67. The second-order valence-electron chi connectivity index (χ2n) is 8.20. The molecular weight excluding hydrogens is 334 g/mol. The molecule has 0 saturated carbocycles. The number of guanidine groups is 1. The van der Waals surface area contributed by atoms with Crippen LogP contribution in [0.15, 0.2) is 29.3 Å². The molecule has 1 unspecified atom stereocenters. The predicted molar refractivity (Wildman–Crippen MR) is 115 cm³/mol.